The van der Waals surface area contributed by atoms with Gasteiger partial charge in [-0.15, -0.1) is 0 Å². The molecular weight excluding hydrogens is 1070 g/mol. The molecule has 0 aliphatic carbocycles. The van der Waals surface area contributed by atoms with Gasteiger partial charge in [0.05, 0.1) is 49.4 Å². The van der Waals surface area contributed by atoms with Gasteiger partial charge in [0.25, 0.3) is 35.4 Å². The number of carboxylic acids is 2. The highest BCUT2D eigenvalue weighted by Crippen LogP contribution is 2.08. The molecule has 1 aliphatic rings. The second-order valence-electron chi connectivity index (χ2n) is 17.8. The summed E-state index contributed by atoms with van der Waals surface area (Å²) in [6, 6.07) is -9.13. The number of hydrogen-bond donors (Lipinski definition) is 15. The van der Waals surface area contributed by atoms with Crippen molar-refractivity contribution in [2.75, 3.05) is 13.7 Å². The van der Waals surface area contributed by atoms with Gasteiger partial charge in [-0.25, -0.2) is 4.79 Å². The van der Waals surface area contributed by atoms with Crippen LogP contribution in [0.2, 0.25) is 0 Å². The third kappa shape index (κ3) is 25.5. The third-order valence-electron chi connectivity index (χ3n) is 10.9. The molecule has 444 valence electrons. The zero-order valence-electron chi connectivity index (χ0n) is 44.4. The first-order valence-corrected chi connectivity index (χ1v) is 24.6. The van der Waals surface area contributed by atoms with Crippen LogP contribution in [0.5, 0.6) is 0 Å². The van der Waals surface area contributed by atoms with Gasteiger partial charge >= 0.3 is 17.9 Å². The Kier molecular flexibility index (Phi) is 32.2. The van der Waals surface area contributed by atoms with E-state index in [1.54, 1.807) is 0 Å². The number of hydrogen-bond acceptors (Lipinski definition) is 25. The molecule has 0 aromatic rings. The number of aliphatic carboxylic acids is 2. The molecule has 80 heavy (non-hydrogen) atoms. The minimum atomic E-state index is -2.14. The van der Waals surface area contributed by atoms with Crippen molar-refractivity contribution in [3.63, 3.8) is 0 Å². The number of carbonyl (C=O) groups excluding carboxylic acids is 15. The lowest BCUT2D eigenvalue weighted by atomic mass is 10.1. The lowest BCUT2D eigenvalue weighted by Gasteiger charge is -2.36. The summed E-state index contributed by atoms with van der Waals surface area (Å²) in [5, 5.41) is 49.2. The predicted molar refractivity (Wildman–Crippen MR) is 270 cm³/mol. The van der Waals surface area contributed by atoms with Crippen molar-refractivity contribution in [1.82, 2.24) is 74.0 Å². The molecule has 0 fully saturated rings. The van der Waals surface area contributed by atoms with Crippen molar-refractivity contribution < 1.29 is 96.5 Å². The quantitative estimate of drug-likeness (QED) is 0.0119. The van der Waals surface area contributed by atoms with Crippen molar-refractivity contribution in [2.45, 2.75) is 159 Å². The van der Waals surface area contributed by atoms with Gasteiger partial charge in [0.15, 0.2) is 43.2 Å². The Morgan fingerprint density at radius 2 is 1.00 bits per heavy atom. The van der Waals surface area contributed by atoms with E-state index in [1.807, 2.05) is 0 Å². The summed E-state index contributed by atoms with van der Waals surface area (Å²) in [6.45, 7) is 5.61. The SMILES string of the molecule is COC(=O)[C@@H](NC(=O)[C@@H](NC(=O)[C@@H](NC(=O)[C@@H](NC(=O)[C@H](N[C@@H](C)C=O)N1C/C=C/CCC(=O)N[C@@H](N[C@H](C=O)CCC(=O)O)C(=O)N[C@@H](N[C@@H](C)C=O)C1=O)N[C@@H](C)C=O)N[C@@H](C)C=O)N[C@H](C=O)CCC(=O)O)N[C@@H](C)C=O. The van der Waals surface area contributed by atoms with Crippen molar-refractivity contribution >= 4 is 103 Å². The Morgan fingerprint density at radius 3 is 1.46 bits per heavy atom. The zero-order chi connectivity index (χ0) is 60.6. The zero-order valence-corrected chi connectivity index (χ0v) is 44.4. The summed E-state index contributed by atoms with van der Waals surface area (Å²) in [5.74, 6) is -12.5. The third-order valence-corrected chi connectivity index (χ3v) is 10.9. The topological polar surface area (TPSA) is 500 Å². The minimum Gasteiger partial charge on any atom is -0.481 e. The van der Waals surface area contributed by atoms with Gasteiger partial charge in [0.1, 0.15) is 44.0 Å². The van der Waals surface area contributed by atoms with Gasteiger partial charge in [0.2, 0.25) is 5.91 Å². The molecule has 34 nitrogen and oxygen atoms in total. The average Bonchev–Trinajstić information content (AvgIpc) is 3.44. The highest BCUT2D eigenvalue weighted by atomic mass is 16.5. The number of allylic oxidation sites excluding steroid dienone is 1. The highest BCUT2D eigenvalue weighted by molar-refractivity contribution is 5.98. The van der Waals surface area contributed by atoms with Crippen LogP contribution in [0.15, 0.2) is 12.2 Å². The van der Waals surface area contributed by atoms with Gasteiger partial charge in [-0.3, -0.25) is 80.4 Å². The van der Waals surface area contributed by atoms with Gasteiger partial charge in [-0.1, -0.05) is 12.2 Å². The number of nitrogens with zero attached hydrogens (tertiary/aromatic N) is 1. The van der Waals surface area contributed by atoms with Crippen LogP contribution in [0.1, 0.15) is 73.1 Å². The lowest BCUT2D eigenvalue weighted by molar-refractivity contribution is -0.147. The van der Waals surface area contributed by atoms with Gasteiger partial charge in [-0.05, 0) is 53.9 Å². The van der Waals surface area contributed by atoms with Crippen LogP contribution < -0.4 is 69.1 Å². The number of carboxylic acid groups (broad SMARTS) is 2. The van der Waals surface area contributed by atoms with E-state index in [4.69, 9.17) is 5.11 Å². The van der Waals surface area contributed by atoms with E-state index in [2.05, 4.69) is 73.9 Å². The van der Waals surface area contributed by atoms with Crippen LogP contribution in [-0.2, 0) is 86.2 Å². The highest BCUT2D eigenvalue weighted by Gasteiger charge is 2.40. The fraction of sp³-hybridized carbons (Fsp3) is 0.587. The summed E-state index contributed by atoms with van der Waals surface area (Å²) in [6.07, 6.45) is -11.8. The first kappa shape index (κ1) is 69.9. The summed E-state index contributed by atoms with van der Waals surface area (Å²) < 4.78 is 4.66. The molecule has 0 bridgehead atoms. The number of nitrogens with one attached hydrogen (secondary N) is 13. The monoisotopic (exact) mass is 1140 g/mol. The molecule has 15 N–H and O–H groups in total. The molecule has 0 saturated heterocycles. The average molecular weight is 1140 g/mol. The van der Waals surface area contributed by atoms with Crippen molar-refractivity contribution in [1.29, 1.82) is 0 Å². The summed E-state index contributed by atoms with van der Waals surface area (Å²) >= 11 is 0. The van der Waals surface area contributed by atoms with Crippen molar-refractivity contribution in [2.24, 2.45) is 0 Å². The molecule has 0 aromatic heterocycles. The normalized spacial score (nSPS) is 19.8. The first-order valence-electron chi connectivity index (χ1n) is 24.6. The second-order valence-corrected chi connectivity index (χ2v) is 17.8. The Hall–Kier alpha value is -8.15. The predicted octanol–water partition coefficient (Wildman–Crippen LogP) is -8.75. The van der Waals surface area contributed by atoms with Gasteiger partial charge in [-0.2, -0.15) is 0 Å². The molecule has 0 aromatic carbocycles. The molecule has 1 heterocycles. The van der Waals surface area contributed by atoms with Crippen LogP contribution in [0.3, 0.4) is 0 Å². The largest absolute Gasteiger partial charge is 0.481 e. The van der Waals surface area contributed by atoms with E-state index in [0.717, 1.165) is 12.0 Å². The van der Waals surface area contributed by atoms with Gasteiger partial charge in [0, 0.05) is 25.8 Å². The number of amides is 7. The Bertz CT molecular complexity index is 2260. The summed E-state index contributed by atoms with van der Waals surface area (Å²) in [7, 11) is 0.932. The fourth-order valence-corrected chi connectivity index (χ4v) is 6.73. The second kappa shape index (κ2) is 36.9. The summed E-state index contributed by atoms with van der Waals surface area (Å²) in [5.41, 5.74) is 0. The molecule has 1 aliphatic heterocycles. The van der Waals surface area contributed by atoms with E-state index in [0.29, 0.717) is 18.9 Å². The Labute approximate surface area is 457 Å². The Balaban J connectivity index is 3.97. The van der Waals surface area contributed by atoms with Crippen LogP contribution in [-0.4, -0.2) is 217 Å². The molecule has 1 rings (SSSR count). The maximum Gasteiger partial charge on any atom is 0.343 e. The van der Waals surface area contributed by atoms with Gasteiger partial charge < -0.3 is 85.3 Å². The van der Waals surface area contributed by atoms with Crippen LogP contribution in [0, 0.1) is 0 Å². The molecule has 0 spiro atoms. The molecule has 7 amide bonds. The standard InChI is InChI=1S/C46H70N14O20/c1-23(16-61)47-33(40(73)56-36(53-29(22-67)12-14-32(71)72)43(76)59-38(46(79)80-6)50-26(4)19-64)55-41(74)34(48-24(2)17-62)57-44(77)39(51-27(5)20-65)60-15-9-7-8-10-30(68)54-35(52-28(21-66)11-13-31(69)70)42(75)58-37(45(60)78)49-25(3)18-63/h7,9,16-29,33-39,47-53H,8,10-15H2,1-6H3,(H,54,68)(H,55,74)(H,56,73)(H,57,77)(H,58,75)(H,59,76)(H,69,70)(H,71,72)/b9-7+/t23-,24-,25-,26-,27-,28-,29-,33+,34+,35+,36+,37+,38+,39+/m0/s1. The van der Waals surface area contributed by atoms with E-state index in [9.17, 15) is 86.6 Å². The van der Waals surface area contributed by atoms with E-state index < -0.39 is 171 Å². The number of methoxy groups -OCH3 is 1. The maximum atomic E-state index is 14.8. The number of rotatable bonds is 37. The van der Waals surface area contributed by atoms with E-state index in [-0.39, 0.29) is 44.4 Å². The molecule has 0 unspecified atom stereocenters. The number of esters is 1. The van der Waals surface area contributed by atoms with Crippen molar-refractivity contribution in [3.05, 3.63) is 12.2 Å². The molecule has 0 radical (unpaired) electrons. The molecule has 0 saturated carbocycles. The van der Waals surface area contributed by atoms with E-state index >= 15 is 0 Å². The smallest absolute Gasteiger partial charge is 0.343 e. The summed E-state index contributed by atoms with van der Waals surface area (Å²) in [4.78, 5) is 218. The molecule has 14 atom stereocenters. The number of aldehydes is 7. The lowest BCUT2D eigenvalue weighted by Crippen LogP contribution is -2.70. The van der Waals surface area contributed by atoms with Crippen LogP contribution in [0.25, 0.3) is 0 Å². The fourth-order valence-electron chi connectivity index (χ4n) is 6.73. The molecular formula is C46H70N14O20. The Morgan fingerprint density at radius 1 is 0.562 bits per heavy atom. The van der Waals surface area contributed by atoms with Crippen molar-refractivity contribution in [3.8, 4) is 0 Å². The number of ether oxygens (including phenoxy) is 1. The van der Waals surface area contributed by atoms with Crippen LogP contribution >= 0.6 is 0 Å². The maximum absolute atomic E-state index is 14.8. The molecule has 34 heteroatoms. The first-order chi connectivity index (χ1) is 37.8. The minimum absolute atomic E-state index is 0.0752. The number of carbonyl (C=O) groups is 17. The van der Waals surface area contributed by atoms with Crippen LogP contribution in [0.4, 0.5) is 0 Å². The van der Waals surface area contributed by atoms with E-state index in [1.165, 1.54) is 46.8 Å².